The highest BCUT2D eigenvalue weighted by molar-refractivity contribution is 6.31. The lowest BCUT2D eigenvalue weighted by molar-refractivity contribution is 0.669. The van der Waals surface area contributed by atoms with Crippen LogP contribution in [0.3, 0.4) is 0 Å². The van der Waals surface area contributed by atoms with Gasteiger partial charge in [-0.05, 0) is 41.5 Å². The van der Waals surface area contributed by atoms with Crippen molar-refractivity contribution in [2.75, 3.05) is 5.32 Å². The number of benzene rings is 4. The average molecular weight is 462 g/mol. The minimum atomic E-state index is 0.112. The van der Waals surface area contributed by atoms with E-state index in [1.807, 2.05) is 0 Å². The molecule has 0 radical (unpaired) electrons. The van der Waals surface area contributed by atoms with Gasteiger partial charge in [-0.1, -0.05) is 72.8 Å². The van der Waals surface area contributed by atoms with Crippen LogP contribution in [-0.4, -0.2) is 16.2 Å². The van der Waals surface area contributed by atoms with Gasteiger partial charge < -0.3 is 9.73 Å². The Bertz CT molecular complexity index is 2120. The molecule has 1 aliphatic heterocycles. The van der Waals surface area contributed by atoms with Crippen molar-refractivity contribution in [1.82, 2.24) is 4.40 Å². The number of hydrogen-bond acceptors (Lipinski definition) is 3. The number of anilines is 1. The van der Waals surface area contributed by atoms with E-state index in [9.17, 15) is 0 Å². The SMILES string of the molecule is C1=CC2=Nc3c(c4cccc5c6c7c(ccc6n3c45)oc3ccc(-c4ccccc4)cc37)NC2C=C1. The first-order chi connectivity index (χ1) is 17.8. The van der Waals surface area contributed by atoms with Crippen molar-refractivity contribution in [2.24, 2.45) is 4.99 Å². The van der Waals surface area contributed by atoms with Crippen molar-refractivity contribution in [3.63, 3.8) is 0 Å². The molecule has 3 aromatic heterocycles. The van der Waals surface area contributed by atoms with Gasteiger partial charge >= 0.3 is 0 Å². The Labute approximate surface area is 205 Å². The third-order valence-corrected chi connectivity index (χ3v) is 7.73. The summed E-state index contributed by atoms with van der Waals surface area (Å²) in [7, 11) is 0. The summed E-state index contributed by atoms with van der Waals surface area (Å²) in [6, 6.07) is 28.0. The zero-order chi connectivity index (χ0) is 23.4. The summed E-state index contributed by atoms with van der Waals surface area (Å²) in [4.78, 5) is 5.15. The molecule has 0 fully saturated rings. The molecule has 0 spiro atoms. The van der Waals surface area contributed by atoms with Gasteiger partial charge in [-0.3, -0.25) is 4.40 Å². The van der Waals surface area contributed by atoms with E-state index in [0.717, 1.165) is 39.3 Å². The first-order valence-corrected chi connectivity index (χ1v) is 12.3. The highest BCUT2D eigenvalue weighted by Gasteiger charge is 2.29. The van der Waals surface area contributed by atoms with Crippen LogP contribution in [0.15, 0.2) is 113 Å². The lowest BCUT2D eigenvalue weighted by atomic mass is 10.00. The summed E-state index contributed by atoms with van der Waals surface area (Å²) >= 11 is 0. The molecule has 4 heterocycles. The van der Waals surface area contributed by atoms with E-state index in [0.29, 0.717) is 0 Å². The molecule has 1 atom stereocenters. The molecule has 7 aromatic rings. The lowest BCUT2D eigenvalue weighted by Crippen LogP contribution is -2.29. The van der Waals surface area contributed by atoms with Crippen LogP contribution >= 0.6 is 0 Å². The largest absolute Gasteiger partial charge is 0.456 e. The molecule has 0 amide bonds. The van der Waals surface area contributed by atoms with Gasteiger partial charge in [0.1, 0.15) is 11.2 Å². The van der Waals surface area contributed by atoms with Gasteiger partial charge in [-0.15, -0.1) is 0 Å². The van der Waals surface area contributed by atoms with Crippen molar-refractivity contribution < 1.29 is 4.42 Å². The van der Waals surface area contributed by atoms with Crippen LogP contribution in [0.2, 0.25) is 0 Å². The molecule has 2 aliphatic rings. The summed E-state index contributed by atoms with van der Waals surface area (Å²) in [6.45, 7) is 0. The van der Waals surface area contributed by atoms with Gasteiger partial charge in [0, 0.05) is 26.9 Å². The number of nitrogens with one attached hydrogen (secondary N) is 1. The van der Waals surface area contributed by atoms with Crippen LogP contribution in [0, 0.1) is 0 Å². The normalized spacial score (nSPS) is 16.8. The second-order valence-corrected chi connectivity index (χ2v) is 9.65. The number of aromatic nitrogens is 1. The number of allylic oxidation sites excluding steroid dienone is 2. The molecule has 4 nitrogen and oxygen atoms in total. The Morgan fingerprint density at radius 1 is 0.750 bits per heavy atom. The van der Waals surface area contributed by atoms with E-state index < -0.39 is 0 Å². The lowest BCUT2D eigenvalue weighted by Gasteiger charge is -2.23. The molecule has 36 heavy (non-hydrogen) atoms. The third kappa shape index (κ3) is 2.22. The number of fused-ring (bicyclic) bond motifs is 11. The number of para-hydroxylation sites is 1. The van der Waals surface area contributed by atoms with Crippen molar-refractivity contribution in [3.05, 3.63) is 103 Å². The summed E-state index contributed by atoms with van der Waals surface area (Å²) in [5, 5.41) is 9.70. The van der Waals surface area contributed by atoms with E-state index in [1.165, 1.54) is 38.2 Å². The quantitative estimate of drug-likeness (QED) is 0.267. The van der Waals surface area contributed by atoms with E-state index in [2.05, 4.69) is 113 Å². The Balaban J connectivity index is 1.43. The summed E-state index contributed by atoms with van der Waals surface area (Å²) in [5.74, 6) is 0.972. The number of nitrogens with zero attached hydrogens (tertiary/aromatic N) is 2. The molecule has 0 bridgehead atoms. The van der Waals surface area contributed by atoms with E-state index in [4.69, 9.17) is 9.41 Å². The monoisotopic (exact) mass is 461 g/mol. The van der Waals surface area contributed by atoms with Gasteiger partial charge in [0.05, 0.1) is 28.5 Å². The molecule has 0 saturated heterocycles. The molecular formula is C32H19N3O. The van der Waals surface area contributed by atoms with Gasteiger partial charge in [-0.25, -0.2) is 4.99 Å². The van der Waals surface area contributed by atoms with Gasteiger partial charge in [0.2, 0.25) is 0 Å². The fourth-order valence-electron chi connectivity index (χ4n) is 6.17. The molecule has 1 unspecified atom stereocenters. The van der Waals surface area contributed by atoms with E-state index in [1.54, 1.807) is 0 Å². The average Bonchev–Trinajstić information content (AvgIpc) is 3.58. The second kappa shape index (κ2) is 6.43. The van der Waals surface area contributed by atoms with Crippen molar-refractivity contribution in [3.8, 4) is 11.1 Å². The molecular weight excluding hydrogens is 442 g/mol. The summed E-state index contributed by atoms with van der Waals surface area (Å²) < 4.78 is 8.69. The van der Waals surface area contributed by atoms with Crippen LogP contribution in [-0.2, 0) is 0 Å². The maximum Gasteiger partial charge on any atom is 0.162 e. The van der Waals surface area contributed by atoms with E-state index >= 15 is 0 Å². The van der Waals surface area contributed by atoms with Crippen molar-refractivity contribution in [1.29, 1.82) is 0 Å². The van der Waals surface area contributed by atoms with Crippen LogP contribution in [0.1, 0.15) is 0 Å². The maximum atomic E-state index is 6.36. The van der Waals surface area contributed by atoms with Gasteiger partial charge in [-0.2, -0.15) is 0 Å². The van der Waals surface area contributed by atoms with Crippen LogP contribution in [0.25, 0.3) is 60.3 Å². The number of hydrogen-bond donors (Lipinski definition) is 1. The highest BCUT2D eigenvalue weighted by atomic mass is 16.3. The third-order valence-electron chi connectivity index (χ3n) is 7.73. The number of rotatable bonds is 1. The first kappa shape index (κ1) is 18.5. The Hall–Kier alpha value is -4.83. The van der Waals surface area contributed by atoms with Crippen LogP contribution in [0.5, 0.6) is 0 Å². The highest BCUT2D eigenvalue weighted by Crippen LogP contribution is 2.49. The number of aliphatic imine (C=N–C) groups is 1. The standard InChI is InChI=1S/C32H19N3O/c1-2-7-18(8-3-1)19-13-15-26-22(17-19)29-27(36-26)16-14-25-28(29)20-9-6-10-21-30-32(35(25)31(20)21)34-24-12-5-4-11-23(24)33-30/h1-17,23,33H. The predicted molar refractivity (Wildman–Crippen MR) is 149 cm³/mol. The Morgan fingerprint density at radius 3 is 2.58 bits per heavy atom. The Kier molecular flexibility index (Phi) is 3.30. The summed E-state index contributed by atoms with van der Waals surface area (Å²) in [6.07, 6.45) is 8.40. The zero-order valence-corrected chi connectivity index (χ0v) is 19.2. The Morgan fingerprint density at radius 2 is 1.64 bits per heavy atom. The fraction of sp³-hybridized carbons (Fsp3) is 0.0312. The first-order valence-electron chi connectivity index (χ1n) is 12.3. The minimum absolute atomic E-state index is 0.112. The maximum absolute atomic E-state index is 6.36. The van der Waals surface area contributed by atoms with Crippen molar-refractivity contribution in [2.45, 2.75) is 6.04 Å². The van der Waals surface area contributed by atoms with Crippen molar-refractivity contribution >= 4 is 66.3 Å². The topological polar surface area (TPSA) is 41.9 Å². The minimum Gasteiger partial charge on any atom is -0.456 e. The van der Waals surface area contributed by atoms with E-state index in [-0.39, 0.29) is 6.04 Å². The van der Waals surface area contributed by atoms with Crippen LogP contribution < -0.4 is 5.32 Å². The molecule has 1 N–H and O–H groups in total. The number of furan rings is 1. The van der Waals surface area contributed by atoms with Gasteiger partial charge in [0.25, 0.3) is 0 Å². The molecule has 168 valence electrons. The predicted octanol–water partition coefficient (Wildman–Crippen LogP) is 8.24. The molecule has 1 aliphatic carbocycles. The fourth-order valence-corrected chi connectivity index (χ4v) is 6.17. The zero-order valence-electron chi connectivity index (χ0n) is 19.2. The second-order valence-electron chi connectivity index (χ2n) is 9.65. The van der Waals surface area contributed by atoms with Crippen LogP contribution in [0.4, 0.5) is 11.5 Å². The molecule has 0 saturated carbocycles. The molecule has 4 aromatic carbocycles. The molecule has 9 rings (SSSR count). The van der Waals surface area contributed by atoms with Gasteiger partial charge in [0.15, 0.2) is 5.82 Å². The summed E-state index contributed by atoms with van der Waals surface area (Å²) in [5.41, 5.74) is 8.73. The molecule has 4 heteroatoms. The smallest absolute Gasteiger partial charge is 0.162 e.